The van der Waals surface area contributed by atoms with Gasteiger partial charge in [0.2, 0.25) is 0 Å². The number of hydrogen-bond donors (Lipinski definition) is 1. The zero-order valence-corrected chi connectivity index (χ0v) is 12.4. The first-order valence-electron chi connectivity index (χ1n) is 6.69. The van der Waals surface area contributed by atoms with Crippen LogP contribution in [-0.2, 0) is 16.1 Å². The molecule has 3 heterocycles. The Morgan fingerprint density at radius 3 is 3.09 bits per heavy atom. The van der Waals surface area contributed by atoms with Gasteiger partial charge in [0, 0.05) is 11.4 Å². The molecule has 0 saturated carbocycles. The standard InChI is InChI=1S/C13H14N4O4S/c18-12(16-3-4-21-11(8-16)13(19)20)10-7-17(15-14-10)6-9-2-1-5-22-9/h1-2,5,7,11H,3-4,6,8H2,(H,19,20)/t11-/m1/s1. The number of ether oxygens (including phenoxy) is 1. The van der Waals surface area contributed by atoms with Gasteiger partial charge in [0.1, 0.15) is 0 Å². The molecule has 1 saturated heterocycles. The van der Waals surface area contributed by atoms with Crippen molar-refractivity contribution in [3.05, 3.63) is 34.3 Å². The predicted molar refractivity (Wildman–Crippen MR) is 76.7 cm³/mol. The fraction of sp³-hybridized carbons (Fsp3) is 0.385. The fourth-order valence-electron chi connectivity index (χ4n) is 2.18. The highest BCUT2D eigenvalue weighted by Gasteiger charge is 2.30. The fourth-order valence-corrected chi connectivity index (χ4v) is 2.88. The van der Waals surface area contributed by atoms with Gasteiger partial charge in [-0.3, -0.25) is 4.79 Å². The Kier molecular flexibility index (Phi) is 4.16. The molecule has 2 aromatic heterocycles. The molecule has 1 atom stereocenters. The van der Waals surface area contributed by atoms with E-state index >= 15 is 0 Å². The summed E-state index contributed by atoms with van der Waals surface area (Å²) in [7, 11) is 0. The highest BCUT2D eigenvalue weighted by molar-refractivity contribution is 7.09. The summed E-state index contributed by atoms with van der Waals surface area (Å²) in [5.74, 6) is -1.40. The average molecular weight is 322 g/mol. The molecule has 9 heteroatoms. The van der Waals surface area contributed by atoms with Crippen molar-refractivity contribution in [3.8, 4) is 0 Å². The number of carboxylic acids is 1. The van der Waals surface area contributed by atoms with Crippen LogP contribution in [-0.4, -0.2) is 62.7 Å². The van der Waals surface area contributed by atoms with E-state index in [4.69, 9.17) is 9.84 Å². The lowest BCUT2D eigenvalue weighted by atomic mass is 10.2. The highest BCUT2D eigenvalue weighted by Crippen LogP contribution is 2.12. The molecule has 1 amide bonds. The van der Waals surface area contributed by atoms with Gasteiger partial charge in [-0.15, -0.1) is 16.4 Å². The second kappa shape index (κ2) is 6.24. The number of rotatable bonds is 4. The molecule has 0 unspecified atom stereocenters. The van der Waals surface area contributed by atoms with Crippen molar-refractivity contribution in [3.63, 3.8) is 0 Å². The monoisotopic (exact) mass is 322 g/mol. The van der Waals surface area contributed by atoms with Crippen LogP contribution in [0.2, 0.25) is 0 Å². The van der Waals surface area contributed by atoms with Gasteiger partial charge >= 0.3 is 5.97 Å². The quantitative estimate of drug-likeness (QED) is 0.870. The van der Waals surface area contributed by atoms with Gasteiger partial charge in [0.05, 0.1) is 25.9 Å². The summed E-state index contributed by atoms with van der Waals surface area (Å²) in [6, 6.07) is 3.93. The number of carboxylic acid groups (broad SMARTS) is 1. The van der Waals surface area contributed by atoms with Gasteiger partial charge in [-0.2, -0.15) is 0 Å². The summed E-state index contributed by atoms with van der Waals surface area (Å²) in [5.41, 5.74) is 0.211. The molecule has 8 nitrogen and oxygen atoms in total. The third kappa shape index (κ3) is 3.15. The van der Waals surface area contributed by atoms with Crippen molar-refractivity contribution in [2.45, 2.75) is 12.6 Å². The van der Waals surface area contributed by atoms with Crippen molar-refractivity contribution in [1.82, 2.24) is 19.9 Å². The van der Waals surface area contributed by atoms with Crippen LogP contribution in [0.5, 0.6) is 0 Å². The second-order valence-electron chi connectivity index (χ2n) is 4.83. The summed E-state index contributed by atoms with van der Waals surface area (Å²) in [6.07, 6.45) is 0.590. The molecule has 0 aliphatic carbocycles. The van der Waals surface area contributed by atoms with E-state index in [2.05, 4.69) is 10.3 Å². The van der Waals surface area contributed by atoms with Gasteiger partial charge < -0.3 is 14.7 Å². The van der Waals surface area contributed by atoms with Crippen molar-refractivity contribution in [1.29, 1.82) is 0 Å². The summed E-state index contributed by atoms with van der Waals surface area (Å²) in [4.78, 5) is 25.8. The number of carbonyl (C=O) groups is 2. The van der Waals surface area contributed by atoms with Crippen LogP contribution >= 0.6 is 11.3 Å². The molecule has 22 heavy (non-hydrogen) atoms. The van der Waals surface area contributed by atoms with Crippen LogP contribution in [0.4, 0.5) is 0 Å². The van der Waals surface area contributed by atoms with Crippen molar-refractivity contribution in [2.24, 2.45) is 0 Å². The number of thiophene rings is 1. The molecule has 1 N–H and O–H groups in total. The van der Waals surface area contributed by atoms with Crippen LogP contribution in [0.3, 0.4) is 0 Å². The van der Waals surface area contributed by atoms with Crippen LogP contribution in [0.25, 0.3) is 0 Å². The van der Waals surface area contributed by atoms with Gasteiger partial charge in [0.25, 0.3) is 5.91 Å². The molecule has 1 aliphatic heterocycles. The van der Waals surface area contributed by atoms with E-state index in [-0.39, 0.29) is 24.8 Å². The van der Waals surface area contributed by atoms with Crippen LogP contribution in [0.15, 0.2) is 23.7 Å². The second-order valence-corrected chi connectivity index (χ2v) is 5.86. The van der Waals surface area contributed by atoms with E-state index in [1.165, 1.54) is 4.90 Å². The summed E-state index contributed by atoms with van der Waals surface area (Å²) >= 11 is 1.60. The summed E-state index contributed by atoms with van der Waals surface area (Å²) < 4.78 is 6.69. The van der Waals surface area contributed by atoms with Crippen LogP contribution in [0.1, 0.15) is 15.4 Å². The Morgan fingerprint density at radius 1 is 1.50 bits per heavy atom. The lowest BCUT2D eigenvalue weighted by Crippen LogP contribution is -2.48. The van der Waals surface area contributed by atoms with Crippen LogP contribution < -0.4 is 0 Å². The summed E-state index contributed by atoms with van der Waals surface area (Å²) in [5, 5.41) is 18.8. The topological polar surface area (TPSA) is 97.6 Å². The number of carbonyl (C=O) groups excluding carboxylic acids is 1. The molecule has 0 spiro atoms. The van der Waals surface area contributed by atoms with E-state index in [0.717, 1.165) is 4.88 Å². The number of aliphatic carboxylic acids is 1. The minimum absolute atomic E-state index is 0.0198. The SMILES string of the molecule is O=C(O)[C@H]1CN(C(=O)c2cn(Cc3cccs3)nn2)CCO1. The van der Waals surface area contributed by atoms with E-state index in [9.17, 15) is 9.59 Å². The lowest BCUT2D eigenvalue weighted by Gasteiger charge is -2.30. The Hall–Kier alpha value is -2.26. The number of morpholine rings is 1. The van der Waals surface area contributed by atoms with Gasteiger partial charge in [-0.05, 0) is 11.4 Å². The van der Waals surface area contributed by atoms with E-state index in [0.29, 0.717) is 13.1 Å². The number of aromatic nitrogens is 3. The smallest absolute Gasteiger partial charge is 0.334 e. The number of nitrogens with zero attached hydrogens (tertiary/aromatic N) is 4. The Balaban J connectivity index is 1.67. The molecule has 1 aliphatic rings. The molecule has 0 radical (unpaired) electrons. The Morgan fingerprint density at radius 2 is 2.36 bits per heavy atom. The van der Waals surface area contributed by atoms with E-state index in [1.54, 1.807) is 22.2 Å². The molecular formula is C13H14N4O4S. The Labute approximate surface area is 129 Å². The molecule has 2 aromatic rings. The van der Waals surface area contributed by atoms with E-state index in [1.807, 2.05) is 17.5 Å². The zero-order valence-electron chi connectivity index (χ0n) is 11.6. The molecule has 0 bridgehead atoms. The predicted octanol–water partition coefficient (Wildman–Crippen LogP) is 0.313. The van der Waals surface area contributed by atoms with Gasteiger partial charge in [-0.1, -0.05) is 11.3 Å². The number of hydrogen-bond acceptors (Lipinski definition) is 6. The van der Waals surface area contributed by atoms with Crippen molar-refractivity contribution < 1.29 is 19.4 Å². The Bertz CT molecular complexity index is 669. The lowest BCUT2D eigenvalue weighted by molar-refractivity contribution is -0.154. The van der Waals surface area contributed by atoms with Crippen molar-refractivity contribution in [2.75, 3.05) is 19.7 Å². The molecule has 116 valence electrons. The maximum Gasteiger partial charge on any atom is 0.334 e. The summed E-state index contributed by atoms with van der Waals surface area (Å²) in [6.45, 7) is 1.12. The van der Waals surface area contributed by atoms with E-state index < -0.39 is 12.1 Å². The van der Waals surface area contributed by atoms with Crippen molar-refractivity contribution >= 4 is 23.2 Å². The van der Waals surface area contributed by atoms with Crippen LogP contribution in [0, 0.1) is 0 Å². The third-order valence-electron chi connectivity index (χ3n) is 3.28. The average Bonchev–Trinajstić information content (AvgIpc) is 3.19. The number of amides is 1. The highest BCUT2D eigenvalue weighted by atomic mass is 32.1. The maximum absolute atomic E-state index is 12.3. The molecule has 1 fully saturated rings. The first-order chi connectivity index (χ1) is 10.6. The molecular weight excluding hydrogens is 308 g/mol. The minimum atomic E-state index is -1.07. The third-order valence-corrected chi connectivity index (χ3v) is 4.15. The maximum atomic E-state index is 12.3. The normalized spacial score (nSPS) is 18.4. The minimum Gasteiger partial charge on any atom is -0.479 e. The molecule has 3 rings (SSSR count). The van der Waals surface area contributed by atoms with Gasteiger partial charge in [-0.25, -0.2) is 9.48 Å². The first-order valence-corrected chi connectivity index (χ1v) is 7.57. The van der Waals surface area contributed by atoms with Gasteiger partial charge in [0.15, 0.2) is 11.8 Å². The molecule has 0 aromatic carbocycles. The largest absolute Gasteiger partial charge is 0.479 e. The first kappa shape index (κ1) is 14.7. The zero-order chi connectivity index (χ0) is 15.5.